The van der Waals surface area contributed by atoms with Gasteiger partial charge in [-0.3, -0.25) is 0 Å². The van der Waals surface area contributed by atoms with Gasteiger partial charge in [-0.15, -0.1) is 0 Å². The van der Waals surface area contributed by atoms with Crippen molar-refractivity contribution in [3.63, 3.8) is 0 Å². The van der Waals surface area contributed by atoms with E-state index >= 15 is 0 Å². The Bertz CT molecular complexity index is 852. The molecule has 4 nitrogen and oxygen atoms in total. The Kier molecular flexibility index (Phi) is 5.25. The van der Waals surface area contributed by atoms with Gasteiger partial charge in [-0.05, 0) is 36.7 Å². The molecule has 0 N–H and O–H groups in total. The van der Waals surface area contributed by atoms with Crippen molar-refractivity contribution in [2.24, 2.45) is 0 Å². The summed E-state index contributed by atoms with van der Waals surface area (Å²) in [4.78, 5) is 4.51. The Hall–Kier alpha value is -2.11. The van der Waals surface area contributed by atoms with Crippen LogP contribution in [0.5, 0.6) is 11.5 Å². The minimum Gasteiger partial charge on any atom is -0.456 e. The summed E-state index contributed by atoms with van der Waals surface area (Å²) in [5.41, 5.74) is 2.00. The van der Waals surface area contributed by atoms with E-state index in [2.05, 4.69) is 24.6 Å². The van der Waals surface area contributed by atoms with Gasteiger partial charge in [-0.25, -0.2) is 4.98 Å². The number of hydrogen-bond donors (Lipinski definition) is 0. The number of ether oxygens (including phenoxy) is 2. The van der Waals surface area contributed by atoms with Crippen molar-refractivity contribution in [3.8, 4) is 11.5 Å². The van der Waals surface area contributed by atoms with Gasteiger partial charge in [0.15, 0.2) is 0 Å². The third-order valence-corrected chi connectivity index (χ3v) is 5.87. The second-order valence-corrected chi connectivity index (χ2v) is 13.2. The van der Waals surface area contributed by atoms with E-state index in [1.165, 1.54) is 6.04 Å². The maximum Gasteiger partial charge on any atom is 0.145 e. The van der Waals surface area contributed by atoms with E-state index in [0.717, 1.165) is 34.7 Å². The summed E-state index contributed by atoms with van der Waals surface area (Å²) in [6.07, 6.45) is 3.80. The van der Waals surface area contributed by atoms with E-state index in [0.29, 0.717) is 6.73 Å². The molecule has 0 atom stereocenters. The fourth-order valence-corrected chi connectivity index (χ4v) is 3.35. The second kappa shape index (κ2) is 7.41. The lowest BCUT2D eigenvalue weighted by Gasteiger charge is -2.15. The van der Waals surface area contributed by atoms with Gasteiger partial charge in [0, 0.05) is 27.1 Å². The Morgan fingerprint density at radius 3 is 2.60 bits per heavy atom. The molecule has 5 heteroatoms. The van der Waals surface area contributed by atoms with E-state index in [4.69, 9.17) is 9.47 Å². The van der Waals surface area contributed by atoms with Crippen LogP contribution in [-0.4, -0.2) is 24.2 Å². The van der Waals surface area contributed by atoms with Crippen LogP contribution in [-0.2, 0) is 11.5 Å². The largest absolute Gasteiger partial charge is 0.456 e. The minimum atomic E-state index is -1.06. The quantitative estimate of drug-likeness (QED) is 0.418. The van der Waals surface area contributed by atoms with Crippen LogP contribution in [0.25, 0.3) is 11.0 Å². The van der Waals surface area contributed by atoms with Crippen LogP contribution < -0.4 is 4.74 Å². The monoisotopic (exact) mass is 354 g/mol. The van der Waals surface area contributed by atoms with Crippen molar-refractivity contribution < 1.29 is 9.47 Å². The molecule has 0 aliphatic heterocycles. The zero-order valence-electron chi connectivity index (χ0n) is 15.5. The minimum absolute atomic E-state index is 0.523. The fourth-order valence-electron chi connectivity index (χ4n) is 2.59. The summed E-state index contributed by atoms with van der Waals surface area (Å²) >= 11 is 0. The lowest BCUT2D eigenvalue weighted by atomic mass is 10.2. The van der Waals surface area contributed by atoms with Gasteiger partial charge in [0.2, 0.25) is 0 Å². The molecule has 2 aromatic heterocycles. The van der Waals surface area contributed by atoms with Crippen molar-refractivity contribution in [1.82, 2.24) is 9.55 Å². The van der Waals surface area contributed by atoms with E-state index in [1.807, 2.05) is 54.1 Å². The Balaban J connectivity index is 1.75. The highest BCUT2D eigenvalue weighted by atomic mass is 28.3. The van der Waals surface area contributed by atoms with Crippen molar-refractivity contribution >= 4 is 19.1 Å². The first kappa shape index (κ1) is 17.7. The number of hydrogen-bond acceptors (Lipinski definition) is 3. The predicted octanol–water partition coefficient (Wildman–Crippen LogP) is 5.45. The third kappa shape index (κ3) is 4.49. The molecule has 132 valence electrons. The van der Waals surface area contributed by atoms with Gasteiger partial charge in [0.05, 0.1) is 5.39 Å². The zero-order valence-corrected chi connectivity index (χ0v) is 16.5. The van der Waals surface area contributed by atoms with Crippen molar-refractivity contribution in [2.45, 2.75) is 39.3 Å². The molecule has 3 aromatic rings. The number of nitrogens with zero attached hydrogens (tertiary/aromatic N) is 2. The van der Waals surface area contributed by atoms with Gasteiger partial charge in [-0.1, -0.05) is 37.8 Å². The van der Waals surface area contributed by atoms with Crippen molar-refractivity contribution in [3.05, 3.63) is 54.4 Å². The van der Waals surface area contributed by atoms with Crippen LogP contribution >= 0.6 is 0 Å². The molecule has 2 heterocycles. The maximum absolute atomic E-state index is 6.12. The topological polar surface area (TPSA) is 36.3 Å². The summed E-state index contributed by atoms with van der Waals surface area (Å²) < 4.78 is 14.0. The summed E-state index contributed by atoms with van der Waals surface area (Å²) in [5.74, 6) is 1.69. The number of pyridine rings is 1. The van der Waals surface area contributed by atoms with Gasteiger partial charge >= 0.3 is 0 Å². The second-order valence-electron chi connectivity index (χ2n) is 7.55. The van der Waals surface area contributed by atoms with Crippen LogP contribution in [0.3, 0.4) is 0 Å². The number of aromatic nitrogens is 2. The first-order chi connectivity index (χ1) is 11.9. The van der Waals surface area contributed by atoms with Gasteiger partial charge in [0.1, 0.15) is 23.9 Å². The highest BCUT2D eigenvalue weighted by Crippen LogP contribution is 2.31. The molecule has 0 saturated carbocycles. The number of para-hydroxylation sites is 1. The van der Waals surface area contributed by atoms with Gasteiger partial charge < -0.3 is 14.0 Å². The molecule has 1 aromatic carbocycles. The van der Waals surface area contributed by atoms with Crippen LogP contribution in [0.2, 0.25) is 25.7 Å². The van der Waals surface area contributed by atoms with Gasteiger partial charge in [-0.2, -0.15) is 0 Å². The Morgan fingerprint density at radius 1 is 1.04 bits per heavy atom. The van der Waals surface area contributed by atoms with Crippen LogP contribution in [0.4, 0.5) is 0 Å². The Morgan fingerprint density at radius 2 is 1.84 bits per heavy atom. The molecule has 0 saturated heterocycles. The molecule has 0 radical (unpaired) electrons. The zero-order chi connectivity index (χ0) is 17.9. The summed E-state index contributed by atoms with van der Waals surface area (Å²) in [6, 6.07) is 13.1. The summed E-state index contributed by atoms with van der Waals surface area (Å²) in [7, 11) is -1.06. The number of fused-ring (bicyclic) bond motifs is 1. The average molecular weight is 355 g/mol. The third-order valence-electron chi connectivity index (χ3n) is 4.16. The van der Waals surface area contributed by atoms with Gasteiger partial charge in [0.25, 0.3) is 0 Å². The maximum atomic E-state index is 6.12. The fraction of sp³-hybridized carbons (Fsp3) is 0.350. The number of aryl methyl sites for hydroxylation is 1. The number of rotatable bonds is 7. The summed E-state index contributed by atoms with van der Waals surface area (Å²) in [6.45, 7) is 10.4. The first-order valence-electron chi connectivity index (χ1n) is 8.69. The Labute approximate surface area is 150 Å². The SMILES string of the molecule is Cc1ccccc1Oc1ccnc2c1ccn2COCC[Si](C)(C)C. The molecule has 0 fully saturated rings. The predicted molar refractivity (Wildman–Crippen MR) is 105 cm³/mol. The summed E-state index contributed by atoms with van der Waals surface area (Å²) in [5, 5.41) is 1.000. The molecule has 0 bridgehead atoms. The smallest absolute Gasteiger partial charge is 0.145 e. The van der Waals surface area contributed by atoms with Crippen LogP contribution in [0.15, 0.2) is 48.8 Å². The van der Waals surface area contributed by atoms with Crippen LogP contribution in [0.1, 0.15) is 5.56 Å². The molecule has 25 heavy (non-hydrogen) atoms. The van der Waals surface area contributed by atoms with E-state index in [-0.39, 0.29) is 0 Å². The first-order valence-corrected chi connectivity index (χ1v) is 12.4. The normalized spacial score (nSPS) is 11.8. The standard InChI is InChI=1S/C20H26N2O2Si/c1-16-7-5-6-8-18(16)24-19-9-11-21-20-17(19)10-12-22(20)15-23-13-14-25(2,3)4/h5-12H,13-15H2,1-4H3. The van der Waals surface area contributed by atoms with Crippen molar-refractivity contribution in [1.29, 1.82) is 0 Å². The molecule has 3 rings (SSSR count). The molecule has 0 aliphatic carbocycles. The number of benzene rings is 1. The average Bonchev–Trinajstić information content (AvgIpc) is 2.97. The molecule has 0 unspecified atom stereocenters. The van der Waals surface area contributed by atoms with Crippen molar-refractivity contribution in [2.75, 3.05) is 6.61 Å². The van der Waals surface area contributed by atoms with Crippen LogP contribution in [0, 0.1) is 6.92 Å². The lowest BCUT2D eigenvalue weighted by molar-refractivity contribution is 0.0899. The highest BCUT2D eigenvalue weighted by Gasteiger charge is 2.13. The highest BCUT2D eigenvalue weighted by molar-refractivity contribution is 6.76. The molecule has 0 aliphatic rings. The van der Waals surface area contributed by atoms with E-state index in [1.54, 1.807) is 6.20 Å². The molecule has 0 amide bonds. The molecule has 0 spiro atoms. The molecular formula is C20H26N2O2Si. The molecular weight excluding hydrogens is 328 g/mol. The van der Waals surface area contributed by atoms with E-state index in [9.17, 15) is 0 Å². The lowest BCUT2D eigenvalue weighted by Crippen LogP contribution is -2.22. The van der Waals surface area contributed by atoms with E-state index < -0.39 is 8.07 Å².